The Kier molecular flexibility index (Phi) is 6.19. The first-order valence-electron chi connectivity index (χ1n) is 7.75. The Bertz CT molecular complexity index is 384. The lowest BCUT2D eigenvalue weighted by Gasteiger charge is -2.38. The van der Waals surface area contributed by atoms with Gasteiger partial charge in [-0.15, -0.1) is 0 Å². The van der Waals surface area contributed by atoms with Crippen LogP contribution in [0.4, 0.5) is 0 Å². The number of hydrogen-bond acceptors (Lipinski definition) is 4. The summed E-state index contributed by atoms with van der Waals surface area (Å²) in [6.07, 6.45) is 4.46. The maximum Gasteiger partial charge on any atom is 0.330 e. The third kappa shape index (κ3) is 5.92. The van der Waals surface area contributed by atoms with Crippen LogP contribution < -0.4 is 0 Å². The first-order chi connectivity index (χ1) is 9.56. The van der Waals surface area contributed by atoms with E-state index in [-0.39, 0.29) is 29.3 Å². The maximum absolute atomic E-state index is 11.2. The third-order valence-corrected chi connectivity index (χ3v) is 8.80. The normalized spacial score (nSPS) is 24.1. The molecule has 0 aromatic heterocycles. The Morgan fingerprint density at radius 1 is 1.38 bits per heavy atom. The van der Waals surface area contributed by atoms with E-state index in [0.29, 0.717) is 6.61 Å². The molecule has 1 fully saturated rings. The highest BCUT2D eigenvalue weighted by atomic mass is 28.4. The molecule has 0 aromatic carbocycles. The number of rotatable bonds is 7. The van der Waals surface area contributed by atoms with E-state index in [0.717, 1.165) is 6.42 Å². The smallest absolute Gasteiger partial charge is 0.330 e. The molecule has 1 aliphatic rings. The fraction of sp³-hybridized carbons (Fsp3) is 0.812. The molecule has 1 heterocycles. The van der Waals surface area contributed by atoms with Gasteiger partial charge in [-0.2, -0.15) is 0 Å². The minimum Gasteiger partial charge on any atom is -0.463 e. The summed E-state index contributed by atoms with van der Waals surface area (Å²) in [4.78, 5) is 11.2. The SMILES string of the molecule is CCOC(=O)/C=C/[C@H]1O[C@@H]1C[C@@H](C)O[Si](C)(C)C(C)(C)C. The number of epoxide rings is 1. The van der Waals surface area contributed by atoms with Gasteiger partial charge in [-0.05, 0) is 38.1 Å². The molecule has 122 valence electrons. The number of ether oxygens (including phenoxy) is 2. The van der Waals surface area contributed by atoms with Crippen LogP contribution >= 0.6 is 0 Å². The van der Waals surface area contributed by atoms with Gasteiger partial charge >= 0.3 is 5.97 Å². The summed E-state index contributed by atoms with van der Waals surface area (Å²) < 4.78 is 16.7. The Morgan fingerprint density at radius 2 is 2.00 bits per heavy atom. The largest absolute Gasteiger partial charge is 0.463 e. The second-order valence-corrected chi connectivity index (χ2v) is 11.9. The van der Waals surface area contributed by atoms with Crippen LogP contribution in [0.15, 0.2) is 12.2 Å². The molecule has 21 heavy (non-hydrogen) atoms. The lowest BCUT2D eigenvalue weighted by atomic mass is 10.1. The van der Waals surface area contributed by atoms with Gasteiger partial charge in [0, 0.05) is 18.6 Å². The van der Waals surface area contributed by atoms with Crippen LogP contribution in [0, 0.1) is 0 Å². The average Bonchev–Trinajstić information content (AvgIpc) is 3.02. The second-order valence-electron chi connectivity index (χ2n) is 7.17. The standard InChI is InChI=1S/C16H30O4Si/c1-8-18-15(17)10-9-13-14(19-13)11-12(2)20-21(6,7)16(3,4)5/h9-10,12-14H,8,11H2,1-7H3/b10-9+/t12-,13-,14-/m1/s1. The summed E-state index contributed by atoms with van der Waals surface area (Å²) in [5.41, 5.74) is 0. The summed E-state index contributed by atoms with van der Waals surface area (Å²) in [5, 5.41) is 0.217. The van der Waals surface area contributed by atoms with Gasteiger partial charge in [0.2, 0.25) is 0 Å². The van der Waals surface area contributed by atoms with E-state index < -0.39 is 8.32 Å². The summed E-state index contributed by atoms with van der Waals surface area (Å²) in [6, 6.07) is 0. The van der Waals surface area contributed by atoms with Crippen LogP contribution in [0.1, 0.15) is 41.0 Å². The molecule has 0 aliphatic carbocycles. The zero-order valence-corrected chi connectivity index (χ0v) is 15.4. The lowest BCUT2D eigenvalue weighted by Crippen LogP contribution is -2.43. The monoisotopic (exact) mass is 314 g/mol. The molecule has 1 aliphatic heterocycles. The summed E-state index contributed by atoms with van der Waals surface area (Å²) in [5.74, 6) is -0.308. The minimum absolute atomic E-state index is 0.0277. The van der Waals surface area contributed by atoms with E-state index in [1.54, 1.807) is 13.0 Å². The van der Waals surface area contributed by atoms with Gasteiger partial charge in [0.15, 0.2) is 8.32 Å². The van der Waals surface area contributed by atoms with Crippen molar-refractivity contribution < 1.29 is 18.7 Å². The van der Waals surface area contributed by atoms with Crippen molar-refractivity contribution in [3.05, 3.63) is 12.2 Å². The van der Waals surface area contributed by atoms with Gasteiger partial charge in [0.25, 0.3) is 0 Å². The molecule has 0 unspecified atom stereocenters. The van der Waals surface area contributed by atoms with Crippen molar-refractivity contribution in [2.75, 3.05) is 6.61 Å². The third-order valence-electron chi connectivity index (χ3n) is 4.20. The number of esters is 1. The van der Waals surface area contributed by atoms with E-state index in [1.807, 2.05) is 0 Å². The highest BCUT2D eigenvalue weighted by Gasteiger charge is 2.42. The molecule has 0 bridgehead atoms. The Morgan fingerprint density at radius 3 is 2.52 bits per heavy atom. The van der Waals surface area contributed by atoms with E-state index in [1.165, 1.54) is 6.08 Å². The number of hydrogen-bond donors (Lipinski definition) is 0. The topological polar surface area (TPSA) is 48.1 Å². The first-order valence-corrected chi connectivity index (χ1v) is 10.7. The Balaban J connectivity index is 2.35. The van der Waals surface area contributed by atoms with Crippen molar-refractivity contribution in [2.45, 2.75) is 77.5 Å². The van der Waals surface area contributed by atoms with Crippen LogP contribution in [0.2, 0.25) is 18.1 Å². The zero-order valence-electron chi connectivity index (χ0n) is 14.4. The average molecular weight is 314 g/mol. The van der Waals surface area contributed by atoms with E-state index in [9.17, 15) is 4.79 Å². The molecule has 4 nitrogen and oxygen atoms in total. The highest BCUT2D eigenvalue weighted by Crippen LogP contribution is 2.38. The number of carbonyl (C=O) groups is 1. The molecule has 0 aromatic rings. The van der Waals surface area contributed by atoms with Gasteiger partial charge in [-0.3, -0.25) is 0 Å². The van der Waals surface area contributed by atoms with Crippen molar-refractivity contribution in [3.63, 3.8) is 0 Å². The predicted molar refractivity (Wildman–Crippen MR) is 86.8 cm³/mol. The quantitative estimate of drug-likeness (QED) is 0.311. The molecular formula is C16H30O4Si. The highest BCUT2D eigenvalue weighted by molar-refractivity contribution is 6.74. The number of carbonyl (C=O) groups excluding carboxylic acids is 1. The summed E-state index contributed by atoms with van der Waals surface area (Å²) >= 11 is 0. The van der Waals surface area contributed by atoms with E-state index >= 15 is 0 Å². The van der Waals surface area contributed by atoms with Crippen LogP contribution in [0.25, 0.3) is 0 Å². The van der Waals surface area contributed by atoms with Crippen molar-refractivity contribution in [1.29, 1.82) is 0 Å². The lowest BCUT2D eigenvalue weighted by molar-refractivity contribution is -0.137. The van der Waals surface area contributed by atoms with E-state index in [2.05, 4.69) is 40.8 Å². The van der Waals surface area contributed by atoms with Crippen molar-refractivity contribution in [1.82, 2.24) is 0 Å². The molecule has 1 saturated heterocycles. The van der Waals surface area contributed by atoms with Gasteiger partial charge in [-0.1, -0.05) is 20.8 Å². The molecular weight excluding hydrogens is 284 g/mol. The van der Waals surface area contributed by atoms with Crippen molar-refractivity contribution in [2.24, 2.45) is 0 Å². The first kappa shape index (κ1) is 18.4. The Hall–Kier alpha value is -0.653. The van der Waals surface area contributed by atoms with E-state index in [4.69, 9.17) is 13.9 Å². The van der Waals surface area contributed by atoms with Gasteiger partial charge in [-0.25, -0.2) is 4.79 Å². The maximum atomic E-state index is 11.2. The molecule has 0 amide bonds. The molecule has 0 spiro atoms. The molecule has 1 rings (SSSR count). The Labute approximate surface area is 130 Å². The van der Waals surface area contributed by atoms with Gasteiger partial charge < -0.3 is 13.9 Å². The molecule has 5 heteroatoms. The molecule has 0 saturated carbocycles. The summed E-state index contributed by atoms with van der Waals surface area (Å²) in [7, 11) is -1.72. The van der Waals surface area contributed by atoms with Crippen molar-refractivity contribution >= 4 is 14.3 Å². The van der Waals surface area contributed by atoms with Crippen LogP contribution in [-0.2, 0) is 18.7 Å². The molecule has 3 atom stereocenters. The fourth-order valence-corrected chi connectivity index (χ4v) is 3.39. The van der Waals surface area contributed by atoms with Crippen LogP contribution in [0.5, 0.6) is 0 Å². The molecule has 0 radical (unpaired) electrons. The van der Waals surface area contributed by atoms with Gasteiger partial charge in [0.1, 0.15) is 6.10 Å². The minimum atomic E-state index is -1.72. The van der Waals surface area contributed by atoms with Crippen molar-refractivity contribution in [3.8, 4) is 0 Å². The predicted octanol–water partition coefficient (Wildman–Crippen LogP) is 3.67. The zero-order chi connectivity index (χ0) is 16.3. The fourth-order valence-electron chi connectivity index (χ4n) is 1.93. The van der Waals surface area contributed by atoms with Gasteiger partial charge in [0.05, 0.1) is 12.7 Å². The van der Waals surface area contributed by atoms with Crippen LogP contribution in [0.3, 0.4) is 0 Å². The molecule has 0 N–H and O–H groups in total. The summed E-state index contributed by atoms with van der Waals surface area (Å²) in [6.45, 7) is 15.5. The second kappa shape index (κ2) is 7.07. The van der Waals surface area contributed by atoms with Crippen LogP contribution in [-0.4, -0.2) is 39.2 Å².